The number of aryl methyl sites for hydroxylation is 2. The van der Waals surface area contributed by atoms with Crippen molar-refractivity contribution >= 4 is 11.8 Å². The van der Waals surface area contributed by atoms with Crippen molar-refractivity contribution in [1.82, 2.24) is 0 Å². The number of aliphatic hydroxyl groups excluding tert-OH is 1. The third kappa shape index (κ3) is 2.31. The Morgan fingerprint density at radius 1 is 1.36 bits per heavy atom. The minimum atomic E-state index is -0.215. The minimum Gasteiger partial charge on any atom is -0.393 e. The van der Waals surface area contributed by atoms with Crippen LogP contribution in [0.3, 0.4) is 0 Å². The third-order valence-corrected chi connectivity index (χ3v) is 3.80. The second-order valence-electron chi connectivity index (χ2n) is 3.94. The monoisotopic (exact) mass is 208 g/mol. The first kappa shape index (κ1) is 10.1. The molecule has 0 saturated heterocycles. The lowest BCUT2D eigenvalue weighted by atomic mass is 10.1. The fraction of sp³-hybridized carbons (Fsp3) is 0.500. The van der Waals surface area contributed by atoms with E-state index in [4.69, 9.17) is 0 Å². The van der Waals surface area contributed by atoms with Gasteiger partial charge in [-0.05, 0) is 49.4 Å². The minimum absolute atomic E-state index is 0.215. The zero-order valence-electron chi connectivity index (χ0n) is 8.49. The number of hydrogen-bond donors (Lipinski definition) is 1. The number of benzene rings is 1. The van der Waals surface area contributed by atoms with Gasteiger partial charge in [0.2, 0.25) is 0 Å². The molecule has 1 aliphatic carbocycles. The molecular weight excluding hydrogens is 192 g/mol. The van der Waals surface area contributed by atoms with Gasteiger partial charge in [-0.2, -0.15) is 0 Å². The zero-order valence-corrected chi connectivity index (χ0v) is 9.31. The van der Waals surface area contributed by atoms with Crippen LogP contribution in [0, 0.1) is 0 Å². The highest BCUT2D eigenvalue weighted by molar-refractivity contribution is 7.99. The summed E-state index contributed by atoms with van der Waals surface area (Å²) in [6.07, 6.45) is 3.57. The zero-order chi connectivity index (χ0) is 9.97. The highest BCUT2D eigenvalue weighted by atomic mass is 32.2. The van der Waals surface area contributed by atoms with Crippen LogP contribution in [-0.4, -0.2) is 17.0 Å². The Balaban J connectivity index is 2.05. The van der Waals surface area contributed by atoms with E-state index in [1.54, 1.807) is 11.8 Å². The van der Waals surface area contributed by atoms with E-state index in [2.05, 4.69) is 18.2 Å². The molecule has 0 bridgehead atoms. The topological polar surface area (TPSA) is 20.2 Å². The smallest absolute Gasteiger partial charge is 0.0606 e. The summed E-state index contributed by atoms with van der Waals surface area (Å²) in [6.45, 7) is 1.83. The van der Waals surface area contributed by atoms with Crippen LogP contribution in [0.2, 0.25) is 0 Å². The summed E-state index contributed by atoms with van der Waals surface area (Å²) >= 11 is 1.74. The Kier molecular flexibility index (Phi) is 3.14. The van der Waals surface area contributed by atoms with Crippen molar-refractivity contribution in [2.75, 3.05) is 5.75 Å². The Hall–Kier alpha value is -0.470. The molecule has 0 aromatic heterocycles. The second-order valence-corrected chi connectivity index (χ2v) is 5.04. The van der Waals surface area contributed by atoms with E-state index >= 15 is 0 Å². The van der Waals surface area contributed by atoms with E-state index in [0.717, 1.165) is 5.75 Å². The Labute approximate surface area is 89.5 Å². The largest absolute Gasteiger partial charge is 0.393 e. The highest BCUT2D eigenvalue weighted by Crippen LogP contribution is 2.27. The first-order valence-electron chi connectivity index (χ1n) is 5.18. The van der Waals surface area contributed by atoms with Crippen LogP contribution in [0.15, 0.2) is 23.1 Å². The fourth-order valence-electron chi connectivity index (χ4n) is 1.85. The molecule has 14 heavy (non-hydrogen) atoms. The van der Waals surface area contributed by atoms with Gasteiger partial charge < -0.3 is 5.11 Å². The van der Waals surface area contributed by atoms with Gasteiger partial charge in [-0.1, -0.05) is 6.07 Å². The summed E-state index contributed by atoms with van der Waals surface area (Å²) in [7, 11) is 0. The molecule has 0 unspecified atom stereocenters. The molecule has 0 heterocycles. The van der Waals surface area contributed by atoms with E-state index < -0.39 is 0 Å². The summed E-state index contributed by atoms with van der Waals surface area (Å²) < 4.78 is 0. The molecule has 0 spiro atoms. The molecule has 0 radical (unpaired) electrons. The van der Waals surface area contributed by atoms with Gasteiger partial charge in [0.05, 0.1) is 6.10 Å². The lowest BCUT2D eigenvalue weighted by molar-refractivity contribution is 0.220. The first-order chi connectivity index (χ1) is 6.75. The maximum Gasteiger partial charge on any atom is 0.0606 e. The Morgan fingerprint density at radius 3 is 2.93 bits per heavy atom. The molecule has 76 valence electrons. The average Bonchev–Trinajstić information content (AvgIpc) is 2.61. The molecule has 1 nitrogen and oxygen atoms in total. The van der Waals surface area contributed by atoms with Gasteiger partial charge in [0.25, 0.3) is 0 Å². The van der Waals surface area contributed by atoms with E-state index in [0.29, 0.717) is 0 Å². The van der Waals surface area contributed by atoms with Crippen molar-refractivity contribution in [3.05, 3.63) is 29.3 Å². The van der Waals surface area contributed by atoms with Gasteiger partial charge in [0.15, 0.2) is 0 Å². The molecule has 2 heteroatoms. The van der Waals surface area contributed by atoms with Crippen LogP contribution in [-0.2, 0) is 12.8 Å². The predicted molar refractivity (Wildman–Crippen MR) is 60.9 cm³/mol. The molecular formula is C12H16OS. The van der Waals surface area contributed by atoms with Crippen LogP contribution >= 0.6 is 11.8 Å². The highest BCUT2D eigenvalue weighted by Gasteiger charge is 2.10. The van der Waals surface area contributed by atoms with Crippen LogP contribution in [0.4, 0.5) is 0 Å². The van der Waals surface area contributed by atoms with Gasteiger partial charge in [-0.15, -0.1) is 11.8 Å². The van der Waals surface area contributed by atoms with Gasteiger partial charge in [0, 0.05) is 10.6 Å². The van der Waals surface area contributed by atoms with E-state index in [9.17, 15) is 5.11 Å². The lowest BCUT2D eigenvalue weighted by Gasteiger charge is -2.06. The van der Waals surface area contributed by atoms with Crippen LogP contribution in [0.5, 0.6) is 0 Å². The molecule has 0 aliphatic heterocycles. The second kappa shape index (κ2) is 4.37. The number of fused-ring (bicyclic) bond motifs is 1. The molecule has 1 N–H and O–H groups in total. The number of hydrogen-bond acceptors (Lipinski definition) is 2. The lowest BCUT2D eigenvalue weighted by Crippen LogP contribution is -2.02. The van der Waals surface area contributed by atoms with Crippen LogP contribution < -0.4 is 0 Å². The Bertz CT molecular complexity index is 320. The van der Waals surface area contributed by atoms with Gasteiger partial charge >= 0.3 is 0 Å². The number of thioether (sulfide) groups is 1. The van der Waals surface area contributed by atoms with Crippen molar-refractivity contribution in [1.29, 1.82) is 0 Å². The quantitative estimate of drug-likeness (QED) is 0.771. The SMILES string of the molecule is C[C@@H](O)CSc1ccc2c(c1)CCC2. The molecule has 1 aromatic carbocycles. The predicted octanol–water partition coefficient (Wildman–Crippen LogP) is 2.65. The van der Waals surface area contributed by atoms with Crippen molar-refractivity contribution < 1.29 is 5.11 Å². The molecule has 1 atom stereocenters. The molecule has 0 saturated carbocycles. The third-order valence-electron chi connectivity index (χ3n) is 2.56. The average molecular weight is 208 g/mol. The molecule has 0 amide bonds. The first-order valence-corrected chi connectivity index (χ1v) is 6.17. The van der Waals surface area contributed by atoms with Crippen molar-refractivity contribution in [3.8, 4) is 0 Å². The van der Waals surface area contributed by atoms with Gasteiger partial charge in [0.1, 0.15) is 0 Å². The summed E-state index contributed by atoms with van der Waals surface area (Å²) in [5, 5.41) is 9.19. The number of rotatable bonds is 3. The summed E-state index contributed by atoms with van der Waals surface area (Å²) in [6, 6.07) is 6.71. The normalized spacial score (nSPS) is 16.7. The molecule has 2 rings (SSSR count). The standard InChI is InChI=1S/C12H16OS/c1-9(13)8-14-12-6-5-10-3-2-4-11(10)7-12/h5-7,9,13H,2-4,8H2,1H3/t9-/m1/s1. The van der Waals surface area contributed by atoms with Crippen LogP contribution in [0.1, 0.15) is 24.5 Å². The van der Waals surface area contributed by atoms with E-state index in [1.165, 1.54) is 35.3 Å². The van der Waals surface area contributed by atoms with Crippen molar-refractivity contribution in [3.63, 3.8) is 0 Å². The summed E-state index contributed by atoms with van der Waals surface area (Å²) in [5.41, 5.74) is 3.03. The Morgan fingerprint density at radius 2 is 2.14 bits per heavy atom. The maximum atomic E-state index is 9.19. The fourth-order valence-corrected chi connectivity index (χ4v) is 2.68. The maximum absolute atomic E-state index is 9.19. The molecule has 0 fully saturated rings. The van der Waals surface area contributed by atoms with E-state index in [-0.39, 0.29) is 6.10 Å². The van der Waals surface area contributed by atoms with Crippen LogP contribution in [0.25, 0.3) is 0 Å². The van der Waals surface area contributed by atoms with Gasteiger partial charge in [-0.25, -0.2) is 0 Å². The molecule has 1 aromatic rings. The number of aliphatic hydroxyl groups is 1. The summed E-state index contributed by atoms with van der Waals surface area (Å²) in [4.78, 5) is 1.30. The van der Waals surface area contributed by atoms with Gasteiger partial charge in [-0.3, -0.25) is 0 Å². The van der Waals surface area contributed by atoms with E-state index in [1.807, 2.05) is 6.92 Å². The van der Waals surface area contributed by atoms with Crippen molar-refractivity contribution in [2.24, 2.45) is 0 Å². The van der Waals surface area contributed by atoms with Crippen molar-refractivity contribution in [2.45, 2.75) is 37.2 Å². The molecule has 1 aliphatic rings. The summed E-state index contributed by atoms with van der Waals surface area (Å²) in [5.74, 6) is 0.790.